The van der Waals surface area contributed by atoms with Crippen LogP contribution in [0, 0.1) is 5.92 Å². The summed E-state index contributed by atoms with van der Waals surface area (Å²) in [4.78, 5) is 15.3. The Morgan fingerprint density at radius 2 is 1.73 bits per heavy atom. The van der Waals surface area contributed by atoms with Gasteiger partial charge in [0.1, 0.15) is 0 Å². The summed E-state index contributed by atoms with van der Waals surface area (Å²) in [6, 6.07) is 18.0. The zero-order valence-electron chi connectivity index (χ0n) is 19.2. The number of nitrogens with zero attached hydrogens (tertiary/aromatic N) is 2. The summed E-state index contributed by atoms with van der Waals surface area (Å²) >= 11 is 0. The Morgan fingerprint density at radius 3 is 2.55 bits per heavy atom. The quantitative estimate of drug-likeness (QED) is 0.376. The monoisotopic (exact) mass is 434 g/mol. The fourth-order valence-electron chi connectivity index (χ4n) is 6.64. The zero-order valence-corrected chi connectivity index (χ0v) is 19.2. The SMILES string of the molecule is C/C=C1/CN2CCc3c([nH]c4ccccc34)[C@@H]2C[C@@H]1CC1=NCCc2c1[nH]c1ccccc21. The number of fused-ring (bicyclic) bond motifs is 8. The van der Waals surface area contributed by atoms with Gasteiger partial charge < -0.3 is 9.97 Å². The van der Waals surface area contributed by atoms with Gasteiger partial charge in [-0.2, -0.15) is 0 Å². The van der Waals surface area contributed by atoms with E-state index in [2.05, 4.69) is 76.4 Å². The molecule has 166 valence electrons. The Morgan fingerprint density at radius 1 is 0.970 bits per heavy atom. The molecule has 4 nitrogen and oxygen atoms in total. The van der Waals surface area contributed by atoms with E-state index in [9.17, 15) is 0 Å². The van der Waals surface area contributed by atoms with E-state index in [4.69, 9.17) is 4.99 Å². The first-order chi connectivity index (χ1) is 16.3. The van der Waals surface area contributed by atoms with Gasteiger partial charge in [0, 0.05) is 47.1 Å². The predicted octanol–water partition coefficient (Wildman–Crippen LogP) is 5.95. The van der Waals surface area contributed by atoms with E-state index in [0.29, 0.717) is 12.0 Å². The molecular formula is C29H30N4. The van der Waals surface area contributed by atoms with Gasteiger partial charge in [-0.1, -0.05) is 48.0 Å². The summed E-state index contributed by atoms with van der Waals surface area (Å²) in [5.41, 5.74) is 11.1. The van der Waals surface area contributed by atoms with Crippen molar-refractivity contribution in [3.63, 3.8) is 0 Å². The Bertz CT molecular complexity index is 1430. The molecule has 2 aromatic carbocycles. The van der Waals surface area contributed by atoms with Crippen LogP contribution in [0.2, 0.25) is 0 Å². The van der Waals surface area contributed by atoms with Gasteiger partial charge in [0.2, 0.25) is 0 Å². The lowest BCUT2D eigenvalue weighted by atomic mass is 9.78. The summed E-state index contributed by atoms with van der Waals surface area (Å²) in [5.74, 6) is 0.532. The van der Waals surface area contributed by atoms with Crippen molar-refractivity contribution >= 4 is 27.5 Å². The highest BCUT2D eigenvalue weighted by atomic mass is 15.2. The predicted molar refractivity (Wildman–Crippen MR) is 136 cm³/mol. The van der Waals surface area contributed by atoms with Crippen molar-refractivity contribution in [3.8, 4) is 0 Å². The maximum absolute atomic E-state index is 5.05. The molecule has 0 saturated carbocycles. The van der Waals surface area contributed by atoms with Crippen molar-refractivity contribution in [2.45, 2.75) is 38.6 Å². The second-order valence-corrected chi connectivity index (χ2v) is 9.90. The van der Waals surface area contributed by atoms with Crippen molar-refractivity contribution in [2.24, 2.45) is 10.9 Å². The number of para-hydroxylation sites is 2. The zero-order chi connectivity index (χ0) is 21.9. The molecule has 4 aromatic rings. The number of rotatable bonds is 2. The summed E-state index contributed by atoms with van der Waals surface area (Å²) in [5, 5.41) is 2.79. The molecule has 1 saturated heterocycles. The molecule has 4 heteroatoms. The van der Waals surface area contributed by atoms with Crippen LogP contribution in [0.5, 0.6) is 0 Å². The Kier molecular flexibility index (Phi) is 4.38. The molecule has 0 radical (unpaired) electrons. The smallest absolute Gasteiger partial charge is 0.0638 e. The molecule has 2 N–H and O–H groups in total. The molecule has 0 aliphatic carbocycles. The summed E-state index contributed by atoms with van der Waals surface area (Å²) < 4.78 is 0. The van der Waals surface area contributed by atoms with Crippen LogP contribution in [0.1, 0.15) is 48.3 Å². The number of hydrogen-bond acceptors (Lipinski definition) is 2. The van der Waals surface area contributed by atoms with Crippen LogP contribution in [-0.2, 0) is 12.8 Å². The number of piperidine rings is 1. The molecule has 33 heavy (non-hydrogen) atoms. The highest BCUT2D eigenvalue weighted by molar-refractivity contribution is 6.06. The third-order valence-corrected chi connectivity index (χ3v) is 8.26. The average molecular weight is 435 g/mol. The number of allylic oxidation sites excluding steroid dienone is 1. The minimum atomic E-state index is 0.473. The van der Waals surface area contributed by atoms with E-state index in [1.165, 1.54) is 44.5 Å². The maximum Gasteiger partial charge on any atom is 0.0638 e. The first kappa shape index (κ1) is 19.4. The van der Waals surface area contributed by atoms with Crippen molar-refractivity contribution in [1.29, 1.82) is 0 Å². The molecule has 0 bridgehead atoms. The van der Waals surface area contributed by atoms with Gasteiger partial charge in [0.05, 0.1) is 17.4 Å². The van der Waals surface area contributed by atoms with E-state index in [1.54, 1.807) is 11.1 Å². The van der Waals surface area contributed by atoms with Crippen LogP contribution < -0.4 is 0 Å². The molecule has 5 heterocycles. The summed E-state index contributed by atoms with van der Waals surface area (Å²) in [6.45, 7) is 5.35. The largest absolute Gasteiger partial charge is 0.357 e. The fraction of sp³-hybridized carbons (Fsp3) is 0.345. The first-order valence-electron chi connectivity index (χ1n) is 12.4. The third kappa shape index (κ3) is 2.97. The molecule has 0 unspecified atom stereocenters. The van der Waals surface area contributed by atoms with Crippen LogP contribution in [-0.4, -0.2) is 40.2 Å². The summed E-state index contributed by atoms with van der Waals surface area (Å²) in [7, 11) is 0. The average Bonchev–Trinajstić information content (AvgIpc) is 3.43. The second kappa shape index (κ2) is 7.46. The van der Waals surface area contributed by atoms with Gasteiger partial charge in [-0.05, 0) is 61.8 Å². The highest BCUT2D eigenvalue weighted by Gasteiger charge is 2.38. The van der Waals surface area contributed by atoms with Crippen LogP contribution in [0.4, 0.5) is 0 Å². The minimum Gasteiger partial charge on any atom is -0.357 e. The maximum atomic E-state index is 5.05. The molecule has 0 amide bonds. The number of aromatic nitrogens is 2. The van der Waals surface area contributed by atoms with Gasteiger partial charge in [0.25, 0.3) is 0 Å². The number of benzene rings is 2. The Balaban J connectivity index is 1.24. The van der Waals surface area contributed by atoms with Crippen molar-refractivity contribution in [2.75, 3.05) is 19.6 Å². The van der Waals surface area contributed by atoms with E-state index in [0.717, 1.165) is 45.3 Å². The number of aromatic amines is 2. The molecule has 3 aliphatic heterocycles. The first-order valence-corrected chi connectivity index (χ1v) is 12.4. The Hall–Kier alpha value is -3.11. The second-order valence-electron chi connectivity index (χ2n) is 9.90. The van der Waals surface area contributed by atoms with Crippen molar-refractivity contribution in [1.82, 2.24) is 14.9 Å². The lowest BCUT2D eigenvalue weighted by Crippen LogP contribution is -2.43. The fourth-order valence-corrected chi connectivity index (χ4v) is 6.64. The van der Waals surface area contributed by atoms with Gasteiger partial charge in [0.15, 0.2) is 0 Å². The summed E-state index contributed by atoms with van der Waals surface area (Å²) in [6.07, 6.45) is 6.74. The number of aliphatic imine (C=N–C) groups is 1. The van der Waals surface area contributed by atoms with Crippen molar-refractivity contribution in [3.05, 3.63) is 82.7 Å². The van der Waals surface area contributed by atoms with Gasteiger partial charge in [-0.15, -0.1) is 0 Å². The minimum absolute atomic E-state index is 0.473. The molecule has 2 aromatic heterocycles. The van der Waals surface area contributed by atoms with Crippen LogP contribution in [0.25, 0.3) is 21.8 Å². The van der Waals surface area contributed by atoms with E-state index >= 15 is 0 Å². The molecule has 0 spiro atoms. The topological polar surface area (TPSA) is 47.2 Å². The van der Waals surface area contributed by atoms with Crippen LogP contribution >= 0.6 is 0 Å². The lowest BCUT2D eigenvalue weighted by molar-refractivity contribution is 0.140. The lowest BCUT2D eigenvalue weighted by Gasteiger charge is -2.44. The van der Waals surface area contributed by atoms with E-state index < -0.39 is 0 Å². The normalized spacial score (nSPS) is 24.0. The number of hydrogen-bond donors (Lipinski definition) is 2. The third-order valence-electron chi connectivity index (χ3n) is 8.26. The van der Waals surface area contributed by atoms with Gasteiger partial charge in [-0.25, -0.2) is 0 Å². The van der Waals surface area contributed by atoms with Crippen molar-refractivity contribution < 1.29 is 0 Å². The number of H-pyrrole nitrogens is 2. The van der Waals surface area contributed by atoms with Gasteiger partial charge >= 0.3 is 0 Å². The van der Waals surface area contributed by atoms with Crippen LogP contribution in [0.15, 0.2) is 65.2 Å². The highest BCUT2D eigenvalue weighted by Crippen LogP contribution is 2.44. The molecule has 3 aliphatic rings. The molecule has 2 atom stereocenters. The number of nitrogens with one attached hydrogen (secondary N) is 2. The Labute approximate surface area is 194 Å². The van der Waals surface area contributed by atoms with E-state index in [-0.39, 0.29) is 0 Å². The molecule has 7 rings (SSSR count). The molecular weight excluding hydrogens is 404 g/mol. The van der Waals surface area contributed by atoms with Gasteiger partial charge in [-0.3, -0.25) is 9.89 Å². The van der Waals surface area contributed by atoms with E-state index in [1.807, 2.05) is 0 Å². The molecule has 1 fully saturated rings. The van der Waals surface area contributed by atoms with Crippen LogP contribution in [0.3, 0.4) is 0 Å². The standard InChI is InChI=1S/C29H30N4/c1-2-18-17-33-14-12-23-21-8-4-6-10-25(21)32-29(23)27(33)16-19(18)15-26-28-22(11-13-30-26)20-7-3-5-9-24(20)31-28/h2-10,19,27,31-32H,11-17H2,1H3/b18-2-/t19-,27-/m0/s1.